The summed E-state index contributed by atoms with van der Waals surface area (Å²) < 4.78 is 6.01. The number of carbonyl (C=O) groups is 3. The number of rotatable bonds is 7. The van der Waals surface area contributed by atoms with Crippen LogP contribution in [-0.4, -0.2) is 35.0 Å². The molecule has 214 valence electrons. The maximum atomic E-state index is 14.9. The molecule has 0 bridgehead atoms. The lowest BCUT2D eigenvalue weighted by atomic mass is 9.62. The Morgan fingerprint density at radius 2 is 1.58 bits per heavy atom. The molecule has 0 unspecified atom stereocenters. The monoisotopic (exact) mass is 588 g/mol. The van der Waals surface area contributed by atoms with Gasteiger partial charge in [-0.2, -0.15) is 0 Å². The van der Waals surface area contributed by atoms with Crippen LogP contribution >= 0.6 is 11.6 Å². The van der Waals surface area contributed by atoms with Crippen molar-refractivity contribution >= 4 is 40.8 Å². The number of nitrogens with zero attached hydrogens (tertiary/aromatic N) is 1. The molecule has 4 aromatic carbocycles. The molecule has 0 aliphatic carbocycles. The van der Waals surface area contributed by atoms with E-state index in [4.69, 9.17) is 16.3 Å². The van der Waals surface area contributed by atoms with Crippen LogP contribution in [0.5, 0.6) is 5.75 Å². The first kappa shape index (κ1) is 27.2. The highest BCUT2D eigenvalue weighted by Crippen LogP contribution is 2.62. The zero-order valence-electron chi connectivity index (χ0n) is 23.5. The van der Waals surface area contributed by atoms with Crippen molar-refractivity contribution in [2.24, 2.45) is 5.92 Å². The van der Waals surface area contributed by atoms with Crippen LogP contribution in [0.4, 0.5) is 5.69 Å². The van der Waals surface area contributed by atoms with Crippen LogP contribution in [0.1, 0.15) is 56.8 Å². The largest absolute Gasteiger partial charge is 0.493 e. The average Bonchev–Trinajstić information content (AvgIpc) is 3.52. The van der Waals surface area contributed by atoms with E-state index < -0.39 is 23.4 Å². The third-order valence-electron chi connectivity index (χ3n) is 8.88. The van der Waals surface area contributed by atoms with Crippen molar-refractivity contribution in [1.82, 2.24) is 4.90 Å². The van der Waals surface area contributed by atoms with Gasteiger partial charge < -0.3 is 15.0 Å². The minimum atomic E-state index is -1.42. The van der Waals surface area contributed by atoms with Crippen molar-refractivity contribution < 1.29 is 19.1 Å². The second-order valence-electron chi connectivity index (χ2n) is 11.1. The molecule has 43 heavy (non-hydrogen) atoms. The van der Waals surface area contributed by atoms with Crippen molar-refractivity contribution in [3.8, 4) is 5.75 Å². The van der Waals surface area contributed by atoms with Gasteiger partial charge in [0.05, 0.1) is 29.2 Å². The van der Waals surface area contributed by atoms with Gasteiger partial charge in [0, 0.05) is 17.5 Å². The number of Topliss-reactive ketones (excluding diaryl/α,β-unsaturated/α-hetero) is 2. The quantitative estimate of drug-likeness (QED) is 0.233. The fraction of sp³-hybridized carbons (Fsp3) is 0.194. The average molecular weight is 589 g/mol. The van der Waals surface area contributed by atoms with Crippen LogP contribution < -0.4 is 10.1 Å². The smallest absolute Gasteiger partial charge is 0.238 e. The van der Waals surface area contributed by atoms with Gasteiger partial charge in [-0.15, -0.1) is 0 Å². The first-order valence-electron chi connectivity index (χ1n) is 14.5. The summed E-state index contributed by atoms with van der Waals surface area (Å²) in [6.07, 6.45) is 4.58. The number of hydrogen-bond acceptors (Lipinski definition) is 5. The maximum Gasteiger partial charge on any atom is 0.238 e. The molecule has 7 heteroatoms. The molecule has 3 aliphatic rings. The van der Waals surface area contributed by atoms with E-state index in [0.717, 1.165) is 17.5 Å². The van der Waals surface area contributed by atoms with Crippen molar-refractivity contribution in [1.29, 1.82) is 0 Å². The summed E-state index contributed by atoms with van der Waals surface area (Å²) in [6.45, 7) is 2.44. The molecule has 7 rings (SSSR count). The fourth-order valence-corrected chi connectivity index (χ4v) is 7.39. The highest BCUT2D eigenvalue weighted by molar-refractivity contribution is 6.34. The number of amides is 1. The molecule has 0 radical (unpaired) electrons. The van der Waals surface area contributed by atoms with E-state index in [2.05, 4.69) is 5.32 Å². The van der Waals surface area contributed by atoms with Crippen molar-refractivity contribution in [2.75, 3.05) is 11.9 Å². The second kappa shape index (κ2) is 10.5. The van der Waals surface area contributed by atoms with E-state index in [0.29, 0.717) is 29.2 Å². The molecule has 1 fully saturated rings. The van der Waals surface area contributed by atoms with Gasteiger partial charge in [0.2, 0.25) is 5.91 Å². The first-order chi connectivity index (χ1) is 21.0. The topological polar surface area (TPSA) is 75.7 Å². The number of ketones is 2. The van der Waals surface area contributed by atoms with Gasteiger partial charge in [-0.3, -0.25) is 14.4 Å². The van der Waals surface area contributed by atoms with E-state index >= 15 is 0 Å². The number of nitrogens with one attached hydrogen (secondary N) is 1. The molecular weight excluding hydrogens is 560 g/mol. The molecule has 3 aliphatic heterocycles. The summed E-state index contributed by atoms with van der Waals surface area (Å²) in [5.74, 6) is -1.62. The third-order valence-corrected chi connectivity index (χ3v) is 9.20. The zero-order chi connectivity index (χ0) is 29.7. The Kier molecular flexibility index (Phi) is 6.66. The predicted molar refractivity (Wildman–Crippen MR) is 166 cm³/mol. The summed E-state index contributed by atoms with van der Waals surface area (Å²) in [5, 5.41) is 3.34. The standard InChI is InChI=1S/C36H29ClN2O4/c1-2-21-43-29-18-10-6-14-25(29)33(41)31-30(32(40)24-13-5-8-16-27(24)37)36(26-15-7-9-17-28(26)38-35(36)42)34-23-12-4-3-11-22(23)19-20-39(31)34/h3-20,30-31,34H,2,21H2,1H3,(H,38,42)/t30-,31+,34+,36+/m1/s1. The van der Waals surface area contributed by atoms with Crippen LogP contribution in [0, 0.1) is 5.92 Å². The number of hydrogen-bond donors (Lipinski definition) is 1. The van der Waals surface area contributed by atoms with Crippen LogP contribution in [0.25, 0.3) is 6.08 Å². The molecule has 1 saturated heterocycles. The van der Waals surface area contributed by atoms with Gasteiger partial charge in [0.15, 0.2) is 11.6 Å². The van der Waals surface area contributed by atoms with Crippen molar-refractivity contribution in [3.63, 3.8) is 0 Å². The van der Waals surface area contributed by atoms with E-state index in [9.17, 15) is 14.4 Å². The van der Waals surface area contributed by atoms with E-state index in [1.807, 2.05) is 78.7 Å². The number of anilines is 1. The van der Waals surface area contributed by atoms with Crippen LogP contribution in [-0.2, 0) is 10.2 Å². The van der Waals surface area contributed by atoms with Gasteiger partial charge in [-0.05, 0) is 59.5 Å². The Hall–Kier alpha value is -4.68. The number of para-hydroxylation sites is 2. The number of halogens is 1. The highest BCUT2D eigenvalue weighted by atomic mass is 35.5. The molecule has 1 amide bonds. The minimum absolute atomic E-state index is 0.271. The summed E-state index contributed by atoms with van der Waals surface area (Å²) in [7, 11) is 0. The Bertz CT molecular complexity index is 1820. The number of benzene rings is 4. The Morgan fingerprint density at radius 3 is 2.40 bits per heavy atom. The van der Waals surface area contributed by atoms with E-state index in [1.54, 1.807) is 42.5 Å². The summed E-state index contributed by atoms with van der Waals surface area (Å²) >= 11 is 6.64. The van der Waals surface area contributed by atoms with Gasteiger partial charge in [0.1, 0.15) is 17.2 Å². The van der Waals surface area contributed by atoms with Gasteiger partial charge in [-0.25, -0.2) is 0 Å². The normalized spacial score (nSPS) is 23.0. The van der Waals surface area contributed by atoms with Gasteiger partial charge in [0.25, 0.3) is 0 Å². The second-order valence-corrected chi connectivity index (χ2v) is 11.5. The summed E-state index contributed by atoms with van der Waals surface area (Å²) in [6, 6.07) is 27.6. The minimum Gasteiger partial charge on any atom is -0.493 e. The molecule has 3 heterocycles. The molecule has 0 saturated carbocycles. The predicted octanol–water partition coefficient (Wildman–Crippen LogP) is 7.11. The molecule has 4 atom stereocenters. The molecule has 1 spiro atoms. The third kappa shape index (κ3) is 3.97. The van der Waals surface area contributed by atoms with Crippen LogP contribution in [0.3, 0.4) is 0 Å². The molecular formula is C36H29ClN2O4. The van der Waals surface area contributed by atoms with Crippen molar-refractivity contribution in [2.45, 2.75) is 30.8 Å². The lowest BCUT2D eigenvalue weighted by Gasteiger charge is -2.38. The lowest BCUT2D eigenvalue weighted by Crippen LogP contribution is -2.49. The number of fused-ring (bicyclic) bond motifs is 6. The Balaban J connectivity index is 1.53. The van der Waals surface area contributed by atoms with E-state index in [-0.39, 0.29) is 28.1 Å². The van der Waals surface area contributed by atoms with E-state index in [1.165, 1.54) is 0 Å². The number of ether oxygens (including phenoxy) is 1. The molecule has 1 N–H and O–H groups in total. The van der Waals surface area contributed by atoms with Gasteiger partial charge in [-0.1, -0.05) is 85.3 Å². The lowest BCUT2D eigenvalue weighted by molar-refractivity contribution is -0.122. The van der Waals surface area contributed by atoms with Gasteiger partial charge >= 0.3 is 0 Å². The Labute approximate surface area is 254 Å². The molecule has 6 nitrogen and oxygen atoms in total. The highest BCUT2D eigenvalue weighted by Gasteiger charge is 2.71. The van der Waals surface area contributed by atoms with Crippen molar-refractivity contribution in [3.05, 3.63) is 136 Å². The summed E-state index contributed by atoms with van der Waals surface area (Å²) in [4.78, 5) is 46.4. The van der Waals surface area contributed by atoms with Crippen LogP contribution in [0.2, 0.25) is 5.02 Å². The first-order valence-corrected chi connectivity index (χ1v) is 14.9. The molecule has 4 aromatic rings. The Morgan fingerprint density at radius 1 is 0.884 bits per heavy atom. The number of carbonyl (C=O) groups excluding carboxylic acids is 3. The maximum absolute atomic E-state index is 14.9. The summed E-state index contributed by atoms with van der Waals surface area (Å²) in [5.41, 5.74) is 2.35. The fourth-order valence-electron chi connectivity index (χ4n) is 7.16. The SMILES string of the molecule is CCCOc1ccccc1C(=O)[C@@H]1[C@H](C(=O)c2ccccc2Cl)[C@]2(C(=O)Nc3ccccc32)[C@@H]2c3ccccc3C=CN12. The van der Waals surface area contributed by atoms with Crippen LogP contribution in [0.15, 0.2) is 103 Å². The zero-order valence-corrected chi connectivity index (χ0v) is 24.3. The molecule has 0 aromatic heterocycles.